The molecule has 0 radical (unpaired) electrons. The highest BCUT2D eigenvalue weighted by Crippen LogP contribution is 2.29. The van der Waals surface area contributed by atoms with Gasteiger partial charge < -0.3 is 15.5 Å². The van der Waals surface area contributed by atoms with Crippen molar-refractivity contribution in [2.24, 2.45) is 17.6 Å². The van der Waals surface area contributed by atoms with Gasteiger partial charge >= 0.3 is 0 Å². The maximum absolute atomic E-state index is 12.8. The predicted molar refractivity (Wildman–Crippen MR) is 107 cm³/mol. The minimum absolute atomic E-state index is 0. The third-order valence-corrected chi connectivity index (χ3v) is 5.62. The van der Waals surface area contributed by atoms with Gasteiger partial charge in [0.2, 0.25) is 11.8 Å². The standard InChI is InChI=1S/C20H29N3O2.ClH/c1-13-10-14(2)12-17(11-13)23-9-6-18(20(23)25)19(24)22-7-4-16(5-8-22)15(3)21;/h10-12,15-16,18H,4-9,21H2,1-3H3;1H. The van der Waals surface area contributed by atoms with E-state index in [0.29, 0.717) is 18.9 Å². The van der Waals surface area contributed by atoms with Gasteiger partial charge in [0.15, 0.2) is 0 Å². The first-order valence-electron chi connectivity index (χ1n) is 9.31. The van der Waals surface area contributed by atoms with Crippen LogP contribution in [0.4, 0.5) is 5.69 Å². The van der Waals surface area contributed by atoms with Crippen LogP contribution >= 0.6 is 12.4 Å². The van der Waals surface area contributed by atoms with E-state index in [1.54, 1.807) is 4.90 Å². The van der Waals surface area contributed by atoms with Crippen LogP contribution in [-0.2, 0) is 9.59 Å². The molecule has 2 N–H and O–H groups in total. The molecule has 144 valence electrons. The van der Waals surface area contributed by atoms with E-state index in [0.717, 1.165) is 42.7 Å². The number of aryl methyl sites for hydroxylation is 2. The first kappa shape index (κ1) is 20.7. The minimum Gasteiger partial charge on any atom is -0.342 e. The number of carbonyl (C=O) groups is 2. The van der Waals surface area contributed by atoms with Gasteiger partial charge in [0.05, 0.1) is 0 Å². The molecule has 1 aromatic carbocycles. The third-order valence-electron chi connectivity index (χ3n) is 5.62. The second-order valence-electron chi connectivity index (χ2n) is 7.70. The van der Waals surface area contributed by atoms with Crippen LogP contribution in [0.1, 0.15) is 37.3 Å². The quantitative estimate of drug-likeness (QED) is 0.821. The summed E-state index contributed by atoms with van der Waals surface area (Å²) in [6, 6.07) is 6.30. The maximum atomic E-state index is 12.8. The highest BCUT2D eigenvalue weighted by molar-refractivity contribution is 6.09. The number of likely N-dealkylation sites (tertiary alicyclic amines) is 1. The van der Waals surface area contributed by atoms with Crippen LogP contribution in [0.5, 0.6) is 0 Å². The van der Waals surface area contributed by atoms with Crippen molar-refractivity contribution >= 4 is 29.9 Å². The van der Waals surface area contributed by atoms with Crippen molar-refractivity contribution in [2.45, 2.75) is 46.1 Å². The van der Waals surface area contributed by atoms with Crippen molar-refractivity contribution in [3.05, 3.63) is 29.3 Å². The number of piperidine rings is 1. The van der Waals surface area contributed by atoms with Crippen LogP contribution in [0.3, 0.4) is 0 Å². The summed E-state index contributed by atoms with van der Waals surface area (Å²) < 4.78 is 0. The molecule has 0 saturated carbocycles. The van der Waals surface area contributed by atoms with Gasteiger partial charge in [-0.3, -0.25) is 9.59 Å². The SMILES string of the molecule is Cc1cc(C)cc(N2CCC(C(=O)N3CCC(C(C)N)CC3)C2=O)c1.Cl. The summed E-state index contributed by atoms with van der Waals surface area (Å²) in [6.45, 7) is 8.15. The van der Waals surface area contributed by atoms with E-state index in [4.69, 9.17) is 5.73 Å². The molecule has 2 unspecified atom stereocenters. The van der Waals surface area contributed by atoms with Crippen molar-refractivity contribution in [1.29, 1.82) is 0 Å². The normalized spacial score (nSPS) is 22.3. The number of carbonyl (C=O) groups excluding carboxylic acids is 2. The van der Waals surface area contributed by atoms with Crippen molar-refractivity contribution in [3.8, 4) is 0 Å². The number of hydrogen-bond acceptors (Lipinski definition) is 3. The Morgan fingerprint density at radius 1 is 1.08 bits per heavy atom. The van der Waals surface area contributed by atoms with Crippen LogP contribution in [0.25, 0.3) is 0 Å². The molecular formula is C20H30ClN3O2. The largest absolute Gasteiger partial charge is 0.342 e. The molecule has 1 aromatic rings. The van der Waals surface area contributed by atoms with E-state index < -0.39 is 5.92 Å². The lowest BCUT2D eigenvalue weighted by molar-refractivity contribution is -0.141. The number of benzene rings is 1. The molecule has 2 aliphatic heterocycles. The summed E-state index contributed by atoms with van der Waals surface area (Å²) in [6.07, 6.45) is 2.48. The summed E-state index contributed by atoms with van der Waals surface area (Å²) in [5.74, 6) is -0.0907. The zero-order valence-corrected chi connectivity index (χ0v) is 16.7. The van der Waals surface area contributed by atoms with Gasteiger partial charge in [-0.05, 0) is 69.2 Å². The Labute approximate surface area is 162 Å². The number of hydrogen-bond donors (Lipinski definition) is 1. The second kappa shape index (κ2) is 8.40. The molecule has 2 saturated heterocycles. The lowest BCUT2D eigenvalue weighted by Gasteiger charge is -2.34. The van der Waals surface area contributed by atoms with E-state index in [2.05, 4.69) is 6.07 Å². The fourth-order valence-electron chi connectivity index (χ4n) is 4.14. The van der Waals surface area contributed by atoms with Gasteiger partial charge in [0, 0.05) is 31.4 Å². The average Bonchev–Trinajstić information content (AvgIpc) is 2.95. The highest BCUT2D eigenvalue weighted by Gasteiger charge is 2.40. The Bertz CT molecular complexity index is 649. The topological polar surface area (TPSA) is 66.6 Å². The highest BCUT2D eigenvalue weighted by atomic mass is 35.5. The molecule has 2 amide bonds. The molecule has 2 heterocycles. The number of anilines is 1. The van der Waals surface area contributed by atoms with Crippen molar-refractivity contribution in [2.75, 3.05) is 24.5 Å². The Morgan fingerprint density at radius 2 is 1.65 bits per heavy atom. The summed E-state index contributed by atoms with van der Waals surface area (Å²) in [4.78, 5) is 29.3. The van der Waals surface area contributed by atoms with Gasteiger partial charge in [0.1, 0.15) is 5.92 Å². The van der Waals surface area contributed by atoms with E-state index in [1.807, 2.05) is 37.8 Å². The molecular weight excluding hydrogens is 350 g/mol. The minimum atomic E-state index is -0.521. The molecule has 3 rings (SSSR count). The number of halogens is 1. The smallest absolute Gasteiger partial charge is 0.239 e. The molecule has 0 spiro atoms. The van der Waals surface area contributed by atoms with Crippen molar-refractivity contribution < 1.29 is 9.59 Å². The zero-order valence-electron chi connectivity index (χ0n) is 15.9. The van der Waals surface area contributed by atoms with Crippen LogP contribution in [-0.4, -0.2) is 42.4 Å². The summed E-state index contributed by atoms with van der Waals surface area (Å²) >= 11 is 0. The number of amides is 2. The van der Waals surface area contributed by atoms with E-state index >= 15 is 0 Å². The molecule has 2 atom stereocenters. The molecule has 2 aliphatic rings. The third kappa shape index (κ3) is 4.21. The number of rotatable bonds is 3. The van der Waals surface area contributed by atoms with Gasteiger partial charge in [-0.1, -0.05) is 6.07 Å². The van der Waals surface area contributed by atoms with Crippen LogP contribution in [0.2, 0.25) is 0 Å². The second-order valence-corrected chi connectivity index (χ2v) is 7.70. The predicted octanol–water partition coefficient (Wildman–Crippen LogP) is 2.66. The fraction of sp³-hybridized carbons (Fsp3) is 0.600. The fourth-order valence-corrected chi connectivity index (χ4v) is 4.14. The van der Waals surface area contributed by atoms with Crippen molar-refractivity contribution in [1.82, 2.24) is 4.90 Å². The van der Waals surface area contributed by atoms with Crippen LogP contribution < -0.4 is 10.6 Å². The molecule has 0 bridgehead atoms. The number of nitrogens with zero attached hydrogens (tertiary/aromatic N) is 2. The summed E-state index contributed by atoms with van der Waals surface area (Å²) in [7, 11) is 0. The van der Waals surface area contributed by atoms with Crippen molar-refractivity contribution in [3.63, 3.8) is 0 Å². The Hall–Kier alpha value is -1.59. The lowest BCUT2D eigenvalue weighted by Crippen LogP contribution is -2.46. The Morgan fingerprint density at radius 3 is 2.19 bits per heavy atom. The van der Waals surface area contributed by atoms with E-state index in [9.17, 15) is 9.59 Å². The molecule has 6 heteroatoms. The lowest BCUT2D eigenvalue weighted by atomic mass is 9.90. The molecule has 5 nitrogen and oxygen atoms in total. The molecule has 2 fully saturated rings. The molecule has 26 heavy (non-hydrogen) atoms. The Kier molecular flexibility index (Phi) is 6.69. The van der Waals surface area contributed by atoms with Crippen LogP contribution in [0, 0.1) is 25.7 Å². The summed E-state index contributed by atoms with van der Waals surface area (Å²) in [5, 5.41) is 0. The first-order valence-corrected chi connectivity index (χ1v) is 9.31. The zero-order chi connectivity index (χ0) is 18.1. The molecule has 0 aliphatic carbocycles. The van der Waals surface area contributed by atoms with Gasteiger partial charge in [-0.15, -0.1) is 12.4 Å². The van der Waals surface area contributed by atoms with Crippen LogP contribution in [0.15, 0.2) is 18.2 Å². The van der Waals surface area contributed by atoms with E-state index in [-0.39, 0.29) is 30.3 Å². The number of nitrogens with two attached hydrogens (primary N) is 1. The maximum Gasteiger partial charge on any atom is 0.239 e. The first-order chi connectivity index (χ1) is 11.9. The molecule has 0 aromatic heterocycles. The summed E-state index contributed by atoms with van der Waals surface area (Å²) in [5.41, 5.74) is 9.16. The monoisotopic (exact) mass is 379 g/mol. The van der Waals surface area contributed by atoms with Gasteiger partial charge in [-0.25, -0.2) is 0 Å². The Balaban J connectivity index is 0.00000243. The van der Waals surface area contributed by atoms with E-state index in [1.165, 1.54) is 0 Å². The van der Waals surface area contributed by atoms with Gasteiger partial charge in [0.25, 0.3) is 0 Å². The van der Waals surface area contributed by atoms with Gasteiger partial charge in [-0.2, -0.15) is 0 Å². The average molecular weight is 380 g/mol.